The van der Waals surface area contributed by atoms with Crippen molar-refractivity contribution >= 4 is 21.7 Å². The molecule has 3 nitrogen and oxygen atoms in total. The van der Waals surface area contributed by atoms with Crippen LogP contribution in [-0.2, 0) is 0 Å². The van der Waals surface area contributed by atoms with Gasteiger partial charge < -0.3 is 4.90 Å². The van der Waals surface area contributed by atoms with Crippen LogP contribution in [0.1, 0.15) is 11.1 Å². The maximum Gasteiger partial charge on any atom is 0.142 e. The summed E-state index contributed by atoms with van der Waals surface area (Å²) < 4.78 is 0.886. The first-order valence-electron chi connectivity index (χ1n) is 3.80. The third-order valence-electron chi connectivity index (χ3n) is 1.79. The van der Waals surface area contributed by atoms with E-state index in [0.717, 1.165) is 15.9 Å². The maximum absolute atomic E-state index is 8.75. The number of pyridine rings is 1. The van der Waals surface area contributed by atoms with Crippen LogP contribution in [0.15, 0.2) is 10.7 Å². The third kappa shape index (κ3) is 1.81. The van der Waals surface area contributed by atoms with Crippen LogP contribution in [0.2, 0.25) is 0 Å². The zero-order chi connectivity index (χ0) is 10.0. The first kappa shape index (κ1) is 10.0. The molecule has 0 saturated heterocycles. The van der Waals surface area contributed by atoms with Gasteiger partial charge in [-0.2, -0.15) is 5.26 Å². The molecule has 0 N–H and O–H groups in total. The van der Waals surface area contributed by atoms with Crippen LogP contribution in [-0.4, -0.2) is 19.1 Å². The van der Waals surface area contributed by atoms with Gasteiger partial charge in [-0.15, -0.1) is 0 Å². The molecule has 0 unspecified atom stereocenters. The van der Waals surface area contributed by atoms with Crippen molar-refractivity contribution in [2.24, 2.45) is 0 Å². The molecule has 4 heteroatoms. The lowest BCUT2D eigenvalue weighted by Crippen LogP contribution is -2.12. The fraction of sp³-hybridized carbons (Fsp3) is 0.333. The lowest BCUT2D eigenvalue weighted by Gasteiger charge is -2.14. The SMILES string of the molecule is Cc1c(C#N)cnc(N(C)C)c1Br. The molecule has 0 spiro atoms. The molecule has 0 aromatic carbocycles. The van der Waals surface area contributed by atoms with Crippen LogP contribution >= 0.6 is 15.9 Å². The maximum atomic E-state index is 8.75. The Kier molecular flexibility index (Phi) is 2.89. The van der Waals surface area contributed by atoms with E-state index in [0.29, 0.717) is 5.56 Å². The van der Waals surface area contributed by atoms with Crippen molar-refractivity contribution < 1.29 is 0 Å². The summed E-state index contributed by atoms with van der Waals surface area (Å²) in [5, 5.41) is 8.75. The van der Waals surface area contributed by atoms with Crippen LogP contribution in [0, 0.1) is 18.3 Å². The van der Waals surface area contributed by atoms with E-state index in [1.54, 1.807) is 6.20 Å². The van der Waals surface area contributed by atoms with E-state index in [4.69, 9.17) is 5.26 Å². The Hall–Kier alpha value is -1.08. The number of rotatable bonds is 1. The first-order chi connectivity index (χ1) is 6.07. The summed E-state index contributed by atoms with van der Waals surface area (Å²) >= 11 is 3.42. The van der Waals surface area contributed by atoms with Gasteiger partial charge in [-0.25, -0.2) is 4.98 Å². The number of nitrogens with zero attached hydrogens (tertiary/aromatic N) is 3. The van der Waals surface area contributed by atoms with E-state index in [1.807, 2.05) is 25.9 Å². The Labute approximate surface area is 86.1 Å². The van der Waals surface area contributed by atoms with Crippen LogP contribution in [0.4, 0.5) is 5.82 Å². The van der Waals surface area contributed by atoms with Crippen molar-refractivity contribution in [2.75, 3.05) is 19.0 Å². The largest absolute Gasteiger partial charge is 0.362 e. The predicted octanol–water partition coefficient (Wildman–Crippen LogP) is 2.09. The molecular weight excluding hydrogens is 230 g/mol. The van der Waals surface area contributed by atoms with Crippen molar-refractivity contribution in [2.45, 2.75) is 6.92 Å². The van der Waals surface area contributed by atoms with Crippen LogP contribution in [0.5, 0.6) is 0 Å². The topological polar surface area (TPSA) is 39.9 Å². The smallest absolute Gasteiger partial charge is 0.142 e. The van der Waals surface area contributed by atoms with Gasteiger partial charge in [0.05, 0.1) is 10.0 Å². The molecule has 1 rings (SSSR count). The molecule has 13 heavy (non-hydrogen) atoms. The lowest BCUT2D eigenvalue weighted by molar-refractivity contribution is 1.05. The van der Waals surface area contributed by atoms with Gasteiger partial charge in [0.15, 0.2) is 0 Å². The number of hydrogen-bond donors (Lipinski definition) is 0. The van der Waals surface area contributed by atoms with Gasteiger partial charge in [-0.3, -0.25) is 0 Å². The normalized spacial score (nSPS) is 9.46. The molecule has 68 valence electrons. The average Bonchev–Trinajstić information content (AvgIpc) is 2.09. The minimum atomic E-state index is 0.609. The first-order valence-corrected chi connectivity index (χ1v) is 4.59. The molecule has 0 aliphatic carbocycles. The highest BCUT2D eigenvalue weighted by Gasteiger charge is 2.09. The quantitative estimate of drug-likeness (QED) is 0.754. The van der Waals surface area contributed by atoms with Crippen molar-refractivity contribution in [3.8, 4) is 6.07 Å². The zero-order valence-electron chi connectivity index (χ0n) is 7.80. The number of nitriles is 1. The second-order valence-electron chi connectivity index (χ2n) is 2.94. The summed E-state index contributed by atoms with van der Waals surface area (Å²) in [6.45, 7) is 1.90. The second-order valence-corrected chi connectivity index (χ2v) is 3.73. The molecule has 0 radical (unpaired) electrons. The molecule has 0 amide bonds. The van der Waals surface area contributed by atoms with E-state index >= 15 is 0 Å². The second kappa shape index (κ2) is 3.75. The standard InChI is InChI=1S/C9H10BrN3/c1-6-7(4-11)5-12-9(8(6)10)13(2)3/h5H,1-3H3. The molecule has 0 aliphatic heterocycles. The molecule has 1 aromatic rings. The van der Waals surface area contributed by atoms with Crippen LogP contribution in [0.3, 0.4) is 0 Å². The van der Waals surface area contributed by atoms with Crippen molar-refractivity contribution in [1.29, 1.82) is 5.26 Å². The van der Waals surface area contributed by atoms with Crippen molar-refractivity contribution in [1.82, 2.24) is 4.98 Å². The predicted molar refractivity (Wildman–Crippen MR) is 55.7 cm³/mol. The van der Waals surface area contributed by atoms with E-state index in [2.05, 4.69) is 27.0 Å². The molecule has 0 bridgehead atoms. The van der Waals surface area contributed by atoms with Crippen molar-refractivity contribution in [3.63, 3.8) is 0 Å². The fourth-order valence-corrected chi connectivity index (χ4v) is 1.66. The Morgan fingerprint density at radius 1 is 1.54 bits per heavy atom. The molecular formula is C9H10BrN3. The highest BCUT2D eigenvalue weighted by Crippen LogP contribution is 2.27. The van der Waals surface area contributed by atoms with Gasteiger partial charge >= 0.3 is 0 Å². The number of hydrogen-bond acceptors (Lipinski definition) is 3. The molecule has 0 aliphatic rings. The van der Waals surface area contributed by atoms with E-state index in [9.17, 15) is 0 Å². The van der Waals surface area contributed by atoms with Gasteiger partial charge in [0.25, 0.3) is 0 Å². The van der Waals surface area contributed by atoms with E-state index in [-0.39, 0.29) is 0 Å². The highest BCUT2D eigenvalue weighted by molar-refractivity contribution is 9.10. The molecule has 0 atom stereocenters. The summed E-state index contributed by atoms with van der Waals surface area (Å²) in [6, 6.07) is 2.09. The van der Waals surface area contributed by atoms with Gasteiger partial charge in [0.1, 0.15) is 11.9 Å². The summed E-state index contributed by atoms with van der Waals surface area (Å²) in [4.78, 5) is 6.07. The van der Waals surface area contributed by atoms with E-state index < -0.39 is 0 Å². The minimum absolute atomic E-state index is 0.609. The summed E-state index contributed by atoms with van der Waals surface area (Å²) in [7, 11) is 3.83. The molecule has 0 fully saturated rings. The monoisotopic (exact) mass is 239 g/mol. The summed E-state index contributed by atoms with van der Waals surface area (Å²) in [6.07, 6.45) is 1.59. The number of aromatic nitrogens is 1. The van der Waals surface area contributed by atoms with Gasteiger partial charge in [0, 0.05) is 20.3 Å². The highest BCUT2D eigenvalue weighted by atomic mass is 79.9. The van der Waals surface area contributed by atoms with Gasteiger partial charge in [-0.05, 0) is 28.4 Å². The van der Waals surface area contributed by atoms with E-state index in [1.165, 1.54) is 0 Å². The van der Waals surface area contributed by atoms with Gasteiger partial charge in [-0.1, -0.05) is 0 Å². The number of halogens is 1. The molecule has 1 heterocycles. The molecule has 0 saturated carbocycles. The Morgan fingerprint density at radius 2 is 2.15 bits per heavy atom. The average molecular weight is 240 g/mol. The summed E-state index contributed by atoms with van der Waals surface area (Å²) in [5.74, 6) is 0.844. The Balaban J connectivity index is 3.33. The van der Waals surface area contributed by atoms with Crippen LogP contribution in [0.25, 0.3) is 0 Å². The van der Waals surface area contributed by atoms with Crippen molar-refractivity contribution in [3.05, 3.63) is 21.8 Å². The third-order valence-corrected chi connectivity index (χ3v) is 2.74. The Bertz CT molecular complexity index is 366. The van der Waals surface area contributed by atoms with Gasteiger partial charge in [0.2, 0.25) is 0 Å². The Morgan fingerprint density at radius 3 is 2.62 bits per heavy atom. The van der Waals surface area contributed by atoms with Crippen LogP contribution < -0.4 is 4.90 Å². The fourth-order valence-electron chi connectivity index (χ4n) is 0.990. The lowest BCUT2D eigenvalue weighted by atomic mass is 10.2. The zero-order valence-corrected chi connectivity index (χ0v) is 9.38. The summed E-state index contributed by atoms with van der Waals surface area (Å²) in [5.41, 5.74) is 1.54. The molecule has 1 aromatic heterocycles. The number of anilines is 1. The minimum Gasteiger partial charge on any atom is -0.362 e.